The van der Waals surface area contributed by atoms with Crippen molar-refractivity contribution in [3.05, 3.63) is 12.2 Å². The second-order valence-electron chi connectivity index (χ2n) is 11.8. The molecule has 3 nitrogen and oxygen atoms in total. The summed E-state index contributed by atoms with van der Waals surface area (Å²) in [6.45, 7) is 4.92. The molecule has 3 heteroatoms. The standard InChI is InChI=1S/C18H34O2.C18H38O/c1-2-3-4-5-6-7-8-9-10-11-12-13-14-15-16-17-18(19)20;1-2-3-4-5-6-7-8-9-10-11-12-13-14-15-16-17-18-19/h9-10H,2-8,11-17H2,1H3,(H,19,20);19H,2-18H2,1H3. The summed E-state index contributed by atoms with van der Waals surface area (Å²) in [5.41, 5.74) is 0. The Morgan fingerprint density at radius 1 is 0.436 bits per heavy atom. The predicted octanol–water partition coefficient (Wildman–Crippen LogP) is 12.3. The number of carboxylic acids is 1. The normalized spacial score (nSPS) is 11.2. The van der Waals surface area contributed by atoms with E-state index in [-0.39, 0.29) is 0 Å². The molecule has 39 heavy (non-hydrogen) atoms. The third kappa shape index (κ3) is 44.4. The smallest absolute Gasteiger partial charge is 0.303 e. The maximum absolute atomic E-state index is 10.3. The van der Waals surface area contributed by atoms with Gasteiger partial charge in [-0.1, -0.05) is 174 Å². The average Bonchev–Trinajstić information content (AvgIpc) is 2.93. The SMILES string of the molecule is CCCCCCCCC=CCCCCCCCC(=O)O.CCCCCCCCCCCCCCCCCCO. The van der Waals surface area contributed by atoms with Crippen LogP contribution in [0.5, 0.6) is 0 Å². The molecule has 0 unspecified atom stereocenters. The van der Waals surface area contributed by atoms with Crippen molar-refractivity contribution >= 4 is 5.97 Å². The largest absolute Gasteiger partial charge is 0.481 e. The summed E-state index contributed by atoms with van der Waals surface area (Å²) in [5, 5.41) is 17.2. The fourth-order valence-electron chi connectivity index (χ4n) is 5.01. The van der Waals surface area contributed by atoms with E-state index in [1.165, 1.54) is 167 Å². The van der Waals surface area contributed by atoms with Gasteiger partial charge in [-0.2, -0.15) is 0 Å². The summed E-state index contributed by atoms with van der Waals surface area (Å²) in [7, 11) is 0. The highest BCUT2D eigenvalue weighted by atomic mass is 16.4. The zero-order chi connectivity index (χ0) is 28.9. The molecule has 0 saturated carbocycles. The number of unbranched alkanes of at least 4 members (excludes halogenated alkanes) is 26. The van der Waals surface area contributed by atoms with Gasteiger partial charge in [-0.25, -0.2) is 0 Å². The van der Waals surface area contributed by atoms with Crippen molar-refractivity contribution in [3.8, 4) is 0 Å². The lowest BCUT2D eigenvalue weighted by Gasteiger charge is -2.03. The molecule has 0 aromatic rings. The molecule has 0 aliphatic carbocycles. The number of hydrogen-bond acceptors (Lipinski definition) is 2. The summed E-state index contributed by atoms with van der Waals surface area (Å²) in [4.78, 5) is 10.3. The minimum atomic E-state index is -0.664. The molecular formula is C36H72O3. The predicted molar refractivity (Wildman–Crippen MR) is 174 cm³/mol. The van der Waals surface area contributed by atoms with Gasteiger partial charge in [-0.15, -0.1) is 0 Å². The van der Waals surface area contributed by atoms with Gasteiger partial charge < -0.3 is 10.2 Å². The molecule has 0 spiro atoms. The molecule has 0 aliphatic heterocycles. The van der Waals surface area contributed by atoms with Gasteiger partial charge in [0.15, 0.2) is 0 Å². The van der Waals surface area contributed by atoms with E-state index in [1.54, 1.807) is 0 Å². The van der Waals surface area contributed by atoms with Crippen LogP contribution in [-0.4, -0.2) is 22.8 Å². The molecular weight excluding hydrogens is 480 g/mol. The first-order valence-corrected chi connectivity index (χ1v) is 17.7. The number of carbonyl (C=O) groups is 1. The fraction of sp³-hybridized carbons (Fsp3) is 0.917. The minimum absolute atomic E-state index is 0.332. The fourth-order valence-corrected chi connectivity index (χ4v) is 5.01. The maximum atomic E-state index is 10.3. The van der Waals surface area contributed by atoms with Crippen molar-refractivity contribution in [3.63, 3.8) is 0 Å². The van der Waals surface area contributed by atoms with Crippen LogP contribution in [0, 0.1) is 0 Å². The first-order valence-electron chi connectivity index (χ1n) is 17.7. The molecule has 0 heterocycles. The van der Waals surface area contributed by atoms with Crippen LogP contribution >= 0.6 is 0 Å². The zero-order valence-electron chi connectivity index (χ0n) is 26.9. The number of aliphatic hydroxyl groups excluding tert-OH is 1. The summed E-state index contributed by atoms with van der Waals surface area (Å²) < 4.78 is 0. The number of rotatable bonds is 31. The van der Waals surface area contributed by atoms with E-state index in [1.807, 2.05) is 0 Å². The minimum Gasteiger partial charge on any atom is -0.481 e. The van der Waals surface area contributed by atoms with Gasteiger partial charge >= 0.3 is 5.97 Å². The maximum Gasteiger partial charge on any atom is 0.303 e. The van der Waals surface area contributed by atoms with E-state index in [9.17, 15) is 4.79 Å². The van der Waals surface area contributed by atoms with Crippen LogP contribution in [-0.2, 0) is 4.79 Å². The Labute approximate surface area is 246 Å². The molecule has 0 fully saturated rings. The Balaban J connectivity index is 0. The summed E-state index contributed by atoms with van der Waals surface area (Å²) in [6.07, 6.45) is 43.4. The third-order valence-electron chi connectivity index (χ3n) is 7.66. The van der Waals surface area contributed by atoms with E-state index < -0.39 is 5.97 Å². The number of allylic oxidation sites excluding steroid dienone is 2. The van der Waals surface area contributed by atoms with E-state index in [0.717, 1.165) is 19.3 Å². The molecule has 2 N–H and O–H groups in total. The first-order chi connectivity index (χ1) is 19.2. The summed E-state index contributed by atoms with van der Waals surface area (Å²) >= 11 is 0. The highest BCUT2D eigenvalue weighted by Crippen LogP contribution is 2.14. The summed E-state index contributed by atoms with van der Waals surface area (Å²) in [5.74, 6) is -0.664. The molecule has 0 amide bonds. The zero-order valence-corrected chi connectivity index (χ0v) is 26.9. The monoisotopic (exact) mass is 553 g/mol. The second kappa shape index (κ2) is 39.3. The van der Waals surface area contributed by atoms with Crippen molar-refractivity contribution in [2.24, 2.45) is 0 Å². The van der Waals surface area contributed by atoms with Crippen LogP contribution < -0.4 is 0 Å². The molecule has 0 rings (SSSR count). The molecule has 0 aromatic heterocycles. The van der Waals surface area contributed by atoms with Gasteiger partial charge in [-0.05, 0) is 38.5 Å². The van der Waals surface area contributed by atoms with Crippen LogP contribution in [0.3, 0.4) is 0 Å². The number of hydrogen-bond donors (Lipinski definition) is 2. The number of carboxylic acid groups (broad SMARTS) is 1. The highest BCUT2D eigenvalue weighted by Gasteiger charge is 1.96. The molecule has 0 aliphatic rings. The summed E-state index contributed by atoms with van der Waals surface area (Å²) in [6, 6.07) is 0. The Bertz CT molecular complexity index is 444. The van der Waals surface area contributed by atoms with Crippen molar-refractivity contribution in [2.45, 2.75) is 206 Å². The van der Waals surface area contributed by atoms with Crippen molar-refractivity contribution in [1.82, 2.24) is 0 Å². The third-order valence-corrected chi connectivity index (χ3v) is 7.66. The second-order valence-corrected chi connectivity index (χ2v) is 11.8. The highest BCUT2D eigenvalue weighted by molar-refractivity contribution is 5.66. The molecule has 0 bridgehead atoms. The van der Waals surface area contributed by atoms with Gasteiger partial charge in [0.05, 0.1) is 0 Å². The lowest BCUT2D eigenvalue weighted by atomic mass is 10.0. The Hall–Kier alpha value is -0.830. The lowest BCUT2D eigenvalue weighted by Crippen LogP contribution is -1.93. The van der Waals surface area contributed by atoms with Gasteiger partial charge in [0.2, 0.25) is 0 Å². The van der Waals surface area contributed by atoms with Crippen LogP contribution in [0.2, 0.25) is 0 Å². The van der Waals surface area contributed by atoms with Crippen molar-refractivity contribution < 1.29 is 15.0 Å². The van der Waals surface area contributed by atoms with Crippen LogP contribution in [0.1, 0.15) is 206 Å². The van der Waals surface area contributed by atoms with Crippen LogP contribution in [0.15, 0.2) is 12.2 Å². The quantitative estimate of drug-likeness (QED) is 0.0664. The van der Waals surface area contributed by atoms with Gasteiger partial charge in [0.1, 0.15) is 0 Å². The van der Waals surface area contributed by atoms with Gasteiger partial charge in [0, 0.05) is 13.0 Å². The van der Waals surface area contributed by atoms with E-state index in [2.05, 4.69) is 26.0 Å². The average molecular weight is 553 g/mol. The van der Waals surface area contributed by atoms with Crippen molar-refractivity contribution in [1.29, 1.82) is 0 Å². The van der Waals surface area contributed by atoms with Crippen LogP contribution in [0.25, 0.3) is 0 Å². The van der Waals surface area contributed by atoms with Crippen molar-refractivity contribution in [2.75, 3.05) is 6.61 Å². The Kier molecular flexibility index (Phi) is 40.6. The molecule has 234 valence electrons. The topological polar surface area (TPSA) is 57.5 Å². The molecule has 0 atom stereocenters. The molecule has 0 saturated heterocycles. The van der Waals surface area contributed by atoms with Gasteiger partial charge in [0.25, 0.3) is 0 Å². The van der Waals surface area contributed by atoms with E-state index >= 15 is 0 Å². The van der Waals surface area contributed by atoms with Crippen LogP contribution in [0.4, 0.5) is 0 Å². The first kappa shape index (κ1) is 40.3. The van der Waals surface area contributed by atoms with E-state index in [4.69, 9.17) is 10.2 Å². The number of aliphatic hydroxyl groups is 1. The Morgan fingerprint density at radius 3 is 1.03 bits per heavy atom. The molecule has 0 aromatic carbocycles. The lowest BCUT2D eigenvalue weighted by molar-refractivity contribution is -0.137. The molecule has 0 radical (unpaired) electrons. The Morgan fingerprint density at radius 2 is 0.718 bits per heavy atom. The van der Waals surface area contributed by atoms with Gasteiger partial charge in [-0.3, -0.25) is 4.79 Å². The number of aliphatic carboxylic acids is 1. The van der Waals surface area contributed by atoms with E-state index in [0.29, 0.717) is 13.0 Å².